The zero-order chi connectivity index (χ0) is 3.54. The van der Waals surface area contributed by atoms with E-state index in [2.05, 4.69) is 0 Å². The summed E-state index contributed by atoms with van der Waals surface area (Å²) in [5, 5.41) is 0. The van der Waals surface area contributed by atoms with Gasteiger partial charge in [0.15, 0.2) is 0 Å². The SMILES string of the molecule is [Fe+6].c1cc[cH-]c1. The van der Waals surface area contributed by atoms with Crippen molar-refractivity contribution in [1.82, 2.24) is 0 Å². The fourth-order valence-electron chi connectivity index (χ4n) is 0.321. The molecule has 1 heteroatoms. The second-order valence-corrected chi connectivity index (χ2v) is 0.962. The first-order valence-electron chi connectivity index (χ1n) is 1.67. The normalized spacial score (nSPS) is 6.67. The molecule has 0 atom stereocenters. The van der Waals surface area contributed by atoms with E-state index >= 15 is 0 Å². The van der Waals surface area contributed by atoms with Crippen molar-refractivity contribution in [1.29, 1.82) is 0 Å². The molecule has 0 N–H and O–H groups in total. The van der Waals surface area contributed by atoms with Gasteiger partial charge < -0.3 is 0 Å². The average Bonchev–Trinajstić information content (AvgIpc) is 1.76. The van der Waals surface area contributed by atoms with Gasteiger partial charge >= 0.3 is 17.1 Å². The van der Waals surface area contributed by atoms with E-state index in [4.69, 9.17) is 0 Å². The third kappa shape index (κ3) is 1.34. The molecule has 0 aliphatic rings. The molecule has 28 valence electrons. The molecule has 0 aliphatic heterocycles. The minimum absolute atomic E-state index is 0. The summed E-state index contributed by atoms with van der Waals surface area (Å²) in [7, 11) is 0. The van der Waals surface area contributed by atoms with Gasteiger partial charge in [0.2, 0.25) is 0 Å². The summed E-state index contributed by atoms with van der Waals surface area (Å²) in [4.78, 5) is 0. The first kappa shape index (κ1) is 5.87. The Morgan fingerprint density at radius 3 is 1.67 bits per heavy atom. The average molecular weight is 121 g/mol. The Labute approximate surface area is 48.0 Å². The maximum Gasteiger partial charge on any atom is 6.00 e. The fraction of sp³-hybridized carbons (Fsp3) is 0. The van der Waals surface area contributed by atoms with Crippen LogP contribution in [-0.2, 0) is 17.1 Å². The smallest absolute Gasteiger partial charge is 0.214 e. The summed E-state index contributed by atoms with van der Waals surface area (Å²) < 4.78 is 0. The largest absolute Gasteiger partial charge is 6.00 e. The Kier molecular flexibility index (Phi) is 3.01. The molecule has 1 aromatic rings. The van der Waals surface area contributed by atoms with Crippen LogP contribution in [-0.4, -0.2) is 0 Å². The van der Waals surface area contributed by atoms with Crippen LogP contribution < -0.4 is 0 Å². The summed E-state index contributed by atoms with van der Waals surface area (Å²) >= 11 is 0. The van der Waals surface area contributed by atoms with Crippen molar-refractivity contribution in [2.24, 2.45) is 0 Å². The molecule has 1 aromatic carbocycles. The van der Waals surface area contributed by atoms with E-state index in [0.29, 0.717) is 0 Å². The molecule has 0 saturated carbocycles. The van der Waals surface area contributed by atoms with Crippen LogP contribution in [0.15, 0.2) is 30.3 Å². The van der Waals surface area contributed by atoms with E-state index < -0.39 is 0 Å². The van der Waals surface area contributed by atoms with Gasteiger partial charge in [-0.1, -0.05) is 0 Å². The zero-order valence-corrected chi connectivity index (χ0v) is 4.34. The first-order chi connectivity index (χ1) is 2.50. The van der Waals surface area contributed by atoms with Gasteiger partial charge in [0.1, 0.15) is 0 Å². The maximum absolute atomic E-state index is 2.00. The Balaban J connectivity index is 0.000000250. The minimum atomic E-state index is 0. The summed E-state index contributed by atoms with van der Waals surface area (Å²) in [6.45, 7) is 0. The molecule has 0 fully saturated rings. The molecule has 0 amide bonds. The van der Waals surface area contributed by atoms with Gasteiger partial charge in [-0.15, -0.1) is 0 Å². The maximum atomic E-state index is 2.00. The van der Waals surface area contributed by atoms with Crippen molar-refractivity contribution in [2.75, 3.05) is 0 Å². The molecule has 0 radical (unpaired) electrons. The second kappa shape index (κ2) is 3.07. The number of hydrogen-bond acceptors (Lipinski definition) is 0. The molecule has 1 rings (SSSR count). The van der Waals surface area contributed by atoms with Crippen molar-refractivity contribution in [3.63, 3.8) is 0 Å². The van der Waals surface area contributed by atoms with Gasteiger partial charge in [0.05, 0.1) is 0 Å². The molecule has 6 heavy (non-hydrogen) atoms. The molecule has 0 aliphatic carbocycles. The molecule has 0 aromatic heterocycles. The molecule has 0 unspecified atom stereocenters. The van der Waals surface area contributed by atoms with E-state index in [-0.39, 0.29) is 17.1 Å². The van der Waals surface area contributed by atoms with Crippen LogP contribution in [0, 0.1) is 0 Å². The Hall–Kier alpha value is -0.131. The molecule has 0 bridgehead atoms. The first-order valence-corrected chi connectivity index (χ1v) is 1.67. The van der Waals surface area contributed by atoms with Gasteiger partial charge in [-0.05, 0) is 0 Å². The van der Waals surface area contributed by atoms with Crippen molar-refractivity contribution in [3.8, 4) is 0 Å². The van der Waals surface area contributed by atoms with Crippen LogP contribution in [0.25, 0.3) is 0 Å². The van der Waals surface area contributed by atoms with Crippen LogP contribution in [0.1, 0.15) is 0 Å². The van der Waals surface area contributed by atoms with E-state index in [0.717, 1.165) is 0 Å². The number of rotatable bonds is 0. The summed E-state index contributed by atoms with van der Waals surface area (Å²) in [6.07, 6.45) is 0. The minimum Gasteiger partial charge on any atom is -0.214 e. The zero-order valence-electron chi connectivity index (χ0n) is 3.24. The predicted octanol–water partition coefficient (Wildman–Crippen LogP) is 1.40. The molecular formula is C5H5Fe+5. The Morgan fingerprint density at radius 1 is 1.00 bits per heavy atom. The molecule has 0 spiro atoms. The Morgan fingerprint density at radius 2 is 1.50 bits per heavy atom. The molecule has 0 heterocycles. The van der Waals surface area contributed by atoms with Crippen molar-refractivity contribution in [2.45, 2.75) is 0 Å². The third-order valence-electron chi connectivity index (χ3n) is 0.556. The van der Waals surface area contributed by atoms with Crippen molar-refractivity contribution < 1.29 is 17.1 Å². The molecule has 0 nitrogen and oxygen atoms in total. The van der Waals surface area contributed by atoms with Crippen LogP contribution >= 0.6 is 0 Å². The van der Waals surface area contributed by atoms with Crippen LogP contribution in [0.3, 0.4) is 0 Å². The van der Waals surface area contributed by atoms with Gasteiger partial charge in [0, 0.05) is 0 Å². The topological polar surface area (TPSA) is 0 Å². The van der Waals surface area contributed by atoms with E-state index in [1.54, 1.807) is 0 Å². The van der Waals surface area contributed by atoms with Gasteiger partial charge in [0.25, 0.3) is 0 Å². The van der Waals surface area contributed by atoms with Crippen molar-refractivity contribution in [3.05, 3.63) is 30.3 Å². The summed E-state index contributed by atoms with van der Waals surface area (Å²) in [5.41, 5.74) is 0. The fourth-order valence-corrected chi connectivity index (χ4v) is 0.321. The number of hydrogen-bond donors (Lipinski definition) is 0. The van der Waals surface area contributed by atoms with Crippen LogP contribution in [0.2, 0.25) is 0 Å². The summed E-state index contributed by atoms with van der Waals surface area (Å²) in [5.74, 6) is 0. The molecular weight excluding hydrogens is 116 g/mol. The molecule has 0 saturated heterocycles. The van der Waals surface area contributed by atoms with E-state index in [9.17, 15) is 0 Å². The van der Waals surface area contributed by atoms with Gasteiger partial charge in [-0.2, -0.15) is 18.2 Å². The third-order valence-corrected chi connectivity index (χ3v) is 0.556. The van der Waals surface area contributed by atoms with Crippen LogP contribution in [0.4, 0.5) is 0 Å². The van der Waals surface area contributed by atoms with E-state index in [1.165, 1.54) is 0 Å². The van der Waals surface area contributed by atoms with Crippen molar-refractivity contribution >= 4 is 0 Å². The predicted molar refractivity (Wildman–Crippen MR) is 22.0 cm³/mol. The second-order valence-electron chi connectivity index (χ2n) is 0.962. The standard InChI is InChI=1S/C5H5.Fe/c1-2-4-5-3-1;/h1-5H;/q-1;+6. The van der Waals surface area contributed by atoms with Gasteiger partial charge in [-0.3, -0.25) is 0 Å². The van der Waals surface area contributed by atoms with Gasteiger partial charge in [-0.25, -0.2) is 12.1 Å². The summed E-state index contributed by atoms with van der Waals surface area (Å²) in [6, 6.07) is 10.0. The van der Waals surface area contributed by atoms with E-state index in [1.807, 2.05) is 30.3 Å². The quantitative estimate of drug-likeness (QED) is 0.359. The monoisotopic (exact) mass is 121 g/mol. The van der Waals surface area contributed by atoms with Crippen LogP contribution in [0.5, 0.6) is 0 Å². The Bertz CT molecular complexity index is 60.4.